The number of esters is 1. The summed E-state index contributed by atoms with van der Waals surface area (Å²) < 4.78 is 99.5. The molecule has 0 unspecified atom stereocenters. The number of carbonyl (C=O) groups is 2. The number of ketones is 1. The first-order valence-electron chi connectivity index (χ1n) is 28.4. The molecule has 0 aromatic carbocycles. The van der Waals surface area contributed by atoms with Crippen molar-refractivity contribution in [3.05, 3.63) is 11.6 Å². The van der Waals surface area contributed by atoms with Gasteiger partial charge >= 0.3 is 35.5 Å². The third kappa shape index (κ3) is 11.7. The van der Waals surface area contributed by atoms with Crippen molar-refractivity contribution in [3.63, 3.8) is 0 Å². The molecule has 9 rings (SSSR count). The second-order valence-electron chi connectivity index (χ2n) is 26.1. The van der Waals surface area contributed by atoms with Crippen LogP contribution >= 0.6 is 0 Å². The number of allylic oxidation sites excluding steroid dienone is 1. The van der Waals surface area contributed by atoms with Crippen LogP contribution in [0.15, 0.2) is 11.6 Å². The number of Topliss-reactive ketones (excluding diaryl/α,β-unsaturated/α-hetero) is 1. The first-order valence-corrected chi connectivity index (χ1v) is 29.7. The summed E-state index contributed by atoms with van der Waals surface area (Å²) in [6.45, 7) is 12.1. The molecule has 0 bridgehead atoms. The minimum absolute atomic E-state index is 0. The fraction of sp³-hybridized carbons (Fsp3) is 0.926. The van der Waals surface area contributed by atoms with Crippen LogP contribution in [0.5, 0.6) is 0 Å². The van der Waals surface area contributed by atoms with E-state index in [1.54, 1.807) is 20.8 Å². The molecule has 0 aromatic rings. The summed E-state index contributed by atoms with van der Waals surface area (Å²) in [7, 11) is -4.27. The molecule has 5 heterocycles. The van der Waals surface area contributed by atoms with Gasteiger partial charge < -0.3 is 108 Å². The van der Waals surface area contributed by atoms with Crippen molar-refractivity contribution in [1.29, 1.82) is 0 Å². The second kappa shape index (κ2) is 24.6. The summed E-state index contributed by atoms with van der Waals surface area (Å²) in [5, 5.41) is 122. The van der Waals surface area contributed by atoms with Gasteiger partial charge in [0, 0.05) is 19.4 Å². The smallest absolute Gasteiger partial charge is 0.726 e. The SMILES string of the molecule is CO[C@@H]1[C@@H](O)[C@H](O[C@@H]2[C@@H](O)[C@H](O[C@H]3[C@H](O)[C@@H](O)[C@H](O[C@H]4[C@H](O[C@H]5CC[C@]6(C)C7=C[C@H](O)[C@]89C(=O)O[C@@](C)(C(=O)CCC(C)(C)O)[C@H]8CC[C@@]9(C)[C@@H]7CC[C@H]6C5(C)C)OC[C@@H](OS(=O)(=O)[O-])[C@@H]4O)O[C@@H]3C)O[C@H](CO)[C@H]2O)O[C@H](CO)[C@H]1O.[Na+]. The minimum Gasteiger partial charge on any atom is -0.726 e. The predicted octanol–water partition coefficient (Wildman–Crippen LogP) is -5.55. The molecule has 8 fully saturated rings. The van der Waals surface area contributed by atoms with E-state index in [4.69, 9.17) is 47.4 Å². The number of hydrogen-bond acceptors (Lipinski definition) is 27. The van der Waals surface area contributed by atoms with E-state index in [0.717, 1.165) is 5.57 Å². The minimum atomic E-state index is -5.45. The van der Waals surface area contributed by atoms with Gasteiger partial charge in [0.05, 0.1) is 43.7 Å². The maximum Gasteiger partial charge on any atom is 1.00 e. The summed E-state index contributed by atoms with van der Waals surface area (Å²) in [6.07, 6.45) is -29.4. The van der Waals surface area contributed by atoms with Gasteiger partial charge in [0.2, 0.25) is 10.4 Å². The molecule has 28 atom stereocenters. The average molecular weight is 1220 g/mol. The van der Waals surface area contributed by atoms with Gasteiger partial charge in [-0.05, 0) is 101 Å². The van der Waals surface area contributed by atoms with Crippen molar-refractivity contribution in [2.24, 2.45) is 39.4 Å². The van der Waals surface area contributed by atoms with E-state index in [9.17, 15) is 78.7 Å². The molecule has 27 nitrogen and oxygen atoms in total. The Labute approximate surface area is 504 Å². The van der Waals surface area contributed by atoms with Gasteiger partial charge in [0.15, 0.2) is 36.5 Å². The molecule has 5 aliphatic heterocycles. The monoisotopic (exact) mass is 1220 g/mol. The van der Waals surface area contributed by atoms with E-state index >= 15 is 0 Å². The van der Waals surface area contributed by atoms with Crippen molar-refractivity contribution in [3.8, 4) is 0 Å². The molecule has 83 heavy (non-hydrogen) atoms. The van der Waals surface area contributed by atoms with E-state index in [-0.39, 0.29) is 60.0 Å². The summed E-state index contributed by atoms with van der Waals surface area (Å²) >= 11 is 0. The zero-order chi connectivity index (χ0) is 60.4. The third-order valence-electron chi connectivity index (χ3n) is 20.6. The molecule has 0 aromatic heterocycles. The van der Waals surface area contributed by atoms with Gasteiger partial charge in [-0.25, -0.2) is 8.42 Å². The average Bonchev–Trinajstić information content (AvgIpc) is 1.60. The molecule has 0 radical (unpaired) electrons. The van der Waals surface area contributed by atoms with Crippen LogP contribution < -0.4 is 29.6 Å². The molecular formula is C54H85NaO27S. The molecule has 0 amide bonds. The van der Waals surface area contributed by atoms with Gasteiger partial charge in [-0.3, -0.25) is 13.8 Å². The van der Waals surface area contributed by atoms with Gasteiger partial charge in [0.1, 0.15) is 90.9 Å². The summed E-state index contributed by atoms with van der Waals surface area (Å²) in [4.78, 5) is 28.4. The van der Waals surface area contributed by atoms with Crippen molar-refractivity contribution in [2.75, 3.05) is 26.9 Å². The van der Waals surface area contributed by atoms with Crippen molar-refractivity contribution in [2.45, 2.75) is 247 Å². The molecule has 1 spiro atoms. The Morgan fingerprint density at radius 2 is 1.30 bits per heavy atom. The van der Waals surface area contributed by atoms with Crippen LogP contribution in [-0.2, 0) is 71.5 Å². The number of fused-ring (bicyclic) bond motifs is 4. The normalized spacial score (nSPS) is 49.7. The Balaban J connectivity index is 0.00000900. The maximum atomic E-state index is 14.5. The number of methoxy groups -OCH3 is 1. The van der Waals surface area contributed by atoms with Gasteiger partial charge in [-0.15, -0.1) is 0 Å². The van der Waals surface area contributed by atoms with E-state index in [0.29, 0.717) is 38.5 Å². The first-order chi connectivity index (χ1) is 38.1. The van der Waals surface area contributed by atoms with Crippen molar-refractivity contribution < 1.29 is 160 Å². The quantitative estimate of drug-likeness (QED) is 0.0162. The standard InChI is InChI=1S/C54H86O27S.Na/c1-22-40(77-46-39(65)42(34(60)26(20-56)75-46)78-45-38(64)41(71-9)33(59)25(19-55)74-45)36(62)37(63)44(73-22)79-43-35(61)27(81-82(68,69)70)21-72-47(43)76-32-14-16-51(6)24-18-31(58)54-29(53(8,80-48(54)66)30(57)13-15-49(2,3)67)12-17-52(54,7)23(24)10-11-28(51)50(32,4)5;/h18,22-23,25-29,31-47,55-56,58-65,67H,10-17,19-21H2,1-9H3,(H,68,69,70);/q;+1/p-1/t22-,23-,25-,26-,27-,28+,29-,31+,32+,33-,34-,35+,36-,37-,38-,39-,40-,41+,42+,43-,44+,45+,46+,47+,51-,52+,53-,54+;/m1./s1. The van der Waals surface area contributed by atoms with E-state index in [2.05, 4.69) is 11.1 Å². The zero-order valence-electron chi connectivity index (χ0n) is 48.6. The third-order valence-corrected chi connectivity index (χ3v) is 21.0. The largest absolute Gasteiger partial charge is 1.00 e. The molecule has 5 saturated heterocycles. The number of rotatable bonds is 17. The van der Waals surface area contributed by atoms with Gasteiger partial charge in [-0.2, -0.15) is 0 Å². The van der Waals surface area contributed by atoms with E-state index < -0.39 is 204 Å². The van der Waals surface area contributed by atoms with Crippen LogP contribution in [0.3, 0.4) is 0 Å². The van der Waals surface area contributed by atoms with Crippen LogP contribution in [0.2, 0.25) is 0 Å². The molecule has 3 saturated carbocycles. The molecule has 4 aliphatic carbocycles. The van der Waals surface area contributed by atoms with Crippen LogP contribution in [0, 0.1) is 39.4 Å². The molecule has 11 N–H and O–H groups in total. The number of aliphatic hydroxyl groups is 11. The van der Waals surface area contributed by atoms with Crippen molar-refractivity contribution in [1.82, 2.24) is 0 Å². The number of hydrogen-bond donors (Lipinski definition) is 11. The van der Waals surface area contributed by atoms with E-state index in [1.807, 2.05) is 26.8 Å². The number of cyclic esters (lactones) is 1. The predicted molar refractivity (Wildman–Crippen MR) is 272 cm³/mol. The number of aliphatic hydroxyl groups excluding tert-OH is 10. The Hall–Kier alpha value is -1.05. The zero-order valence-corrected chi connectivity index (χ0v) is 51.4. The number of ether oxygens (including phenoxy) is 10. The topological polar surface area (TPSA) is 415 Å². The molecular weight excluding hydrogens is 1140 g/mol. The second-order valence-corrected chi connectivity index (χ2v) is 27.1. The van der Waals surface area contributed by atoms with Gasteiger partial charge in [-0.1, -0.05) is 39.3 Å². The van der Waals surface area contributed by atoms with E-state index in [1.165, 1.54) is 14.0 Å². The summed E-state index contributed by atoms with van der Waals surface area (Å²) in [5.74, 6) is -1.79. The fourth-order valence-electron chi connectivity index (χ4n) is 16.2. The summed E-state index contributed by atoms with van der Waals surface area (Å²) in [6, 6.07) is 0. The fourth-order valence-corrected chi connectivity index (χ4v) is 16.6. The number of carbonyl (C=O) groups excluding carboxylic acids is 2. The Bertz CT molecular complexity index is 2470. The summed E-state index contributed by atoms with van der Waals surface area (Å²) in [5.41, 5.74) is -5.06. The molecule has 9 aliphatic rings. The molecule has 29 heteroatoms. The van der Waals surface area contributed by atoms with Gasteiger partial charge in [0.25, 0.3) is 0 Å². The van der Waals surface area contributed by atoms with Crippen LogP contribution in [0.1, 0.15) is 107 Å². The Kier molecular flexibility index (Phi) is 20.1. The Morgan fingerprint density at radius 3 is 1.89 bits per heavy atom. The first kappa shape index (κ1) is 67.9. The Morgan fingerprint density at radius 1 is 0.723 bits per heavy atom. The van der Waals surface area contributed by atoms with Crippen molar-refractivity contribution >= 4 is 22.2 Å². The maximum absolute atomic E-state index is 14.5. The van der Waals surface area contributed by atoms with Crippen LogP contribution in [-0.4, -0.2) is 248 Å². The van der Waals surface area contributed by atoms with Crippen LogP contribution in [0.25, 0.3) is 0 Å². The molecule has 470 valence electrons. The van der Waals surface area contributed by atoms with Crippen LogP contribution in [0.4, 0.5) is 0 Å².